The summed E-state index contributed by atoms with van der Waals surface area (Å²) in [6.07, 6.45) is 2.38. The molecular weight excluding hydrogens is 416 g/mol. The van der Waals surface area contributed by atoms with E-state index in [4.69, 9.17) is 13.9 Å². The summed E-state index contributed by atoms with van der Waals surface area (Å²) in [5, 5.41) is 5.14. The van der Waals surface area contributed by atoms with Crippen molar-refractivity contribution in [3.63, 3.8) is 0 Å². The number of carbonyl (C=O) groups excluding carboxylic acids is 2. The third-order valence-electron chi connectivity index (χ3n) is 4.79. The van der Waals surface area contributed by atoms with Gasteiger partial charge in [-0.15, -0.1) is 11.8 Å². The first-order chi connectivity index (χ1) is 15.0. The van der Waals surface area contributed by atoms with Crippen molar-refractivity contribution in [1.29, 1.82) is 0 Å². The summed E-state index contributed by atoms with van der Waals surface area (Å²) >= 11 is 1.33. The van der Waals surface area contributed by atoms with E-state index in [9.17, 15) is 9.59 Å². The first-order valence-electron chi connectivity index (χ1n) is 9.52. The Morgan fingerprint density at radius 2 is 1.90 bits per heavy atom. The van der Waals surface area contributed by atoms with Crippen molar-refractivity contribution in [3.05, 3.63) is 60.3 Å². The number of benzene rings is 2. The average Bonchev–Trinajstić information content (AvgIpc) is 3.15. The van der Waals surface area contributed by atoms with E-state index in [0.717, 1.165) is 16.4 Å². The van der Waals surface area contributed by atoms with Gasteiger partial charge in [0.2, 0.25) is 0 Å². The number of nitrogens with one attached hydrogen (secondary N) is 1. The number of pyridine rings is 1. The molecule has 1 amide bonds. The summed E-state index contributed by atoms with van der Waals surface area (Å²) in [6, 6.07) is 14.4. The molecular formula is C23H20N2O5S. The van der Waals surface area contributed by atoms with Gasteiger partial charge in [0.15, 0.2) is 6.10 Å². The maximum absolute atomic E-state index is 12.7. The van der Waals surface area contributed by atoms with Crippen molar-refractivity contribution >= 4 is 51.3 Å². The number of aromatic nitrogens is 1. The Hall–Kier alpha value is -3.52. The molecule has 2 heterocycles. The summed E-state index contributed by atoms with van der Waals surface area (Å²) in [5.74, 6) is -0.626. The molecule has 2 aromatic carbocycles. The number of fused-ring (bicyclic) bond motifs is 3. The largest absolute Gasteiger partial charge is 0.495 e. The van der Waals surface area contributed by atoms with E-state index in [2.05, 4.69) is 10.3 Å². The minimum atomic E-state index is -1.03. The Bertz CT molecular complexity index is 1280. The maximum Gasteiger partial charge on any atom is 0.341 e. The highest BCUT2D eigenvalue weighted by Gasteiger charge is 2.23. The quantitative estimate of drug-likeness (QED) is 0.340. The first-order valence-corrected chi connectivity index (χ1v) is 10.7. The molecule has 0 aliphatic heterocycles. The second-order valence-electron chi connectivity index (χ2n) is 6.74. The fourth-order valence-corrected chi connectivity index (χ4v) is 3.78. The van der Waals surface area contributed by atoms with Gasteiger partial charge in [0.25, 0.3) is 5.91 Å². The average molecular weight is 436 g/mol. The molecule has 1 unspecified atom stereocenters. The summed E-state index contributed by atoms with van der Waals surface area (Å²) < 4.78 is 16.7. The summed E-state index contributed by atoms with van der Waals surface area (Å²) in [6.45, 7) is 1.51. The number of amides is 1. The van der Waals surface area contributed by atoms with Crippen molar-refractivity contribution in [2.45, 2.75) is 18.1 Å². The fraction of sp³-hybridized carbons (Fsp3) is 0.174. The Labute approximate surface area is 182 Å². The molecule has 0 aliphatic rings. The lowest BCUT2D eigenvalue weighted by Gasteiger charge is -2.16. The minimum Gasteiger partial charge on any atom is -0.495 e. The van der Waals surface area contributed by atoms with Crippen LogP contribution in [0.2, 0.25) is 0 Å². The molecule has 158 valence electrons. The Kier molecular flexibility index (Phi) is 5.81. The van der Waals surface area contributed by atoms with E-state index in [-0.39, 0.29) is 0 Å². The zero-order valence-electron chi connectivity index (χ0n) is 17.2. The van der Waals surface area contributed by atoms with Gasteiger partial charge in [0.1, 0.15) is 21.9 Å². The molecule has 4 aromatic rings. The fourth-order valence-electron chi connectivity index (χ4n) is 3.24. The third-order valence-corrected chi connectivity index (χ3v) is 5.51. The van der Waals surface area contributed by atoms with Gasteiger partial charge in [-0.05, 0) is 37.4 Å². The zero-order valence-corrected chi connectivity index (χ0v) is 18.0. The maximum atomic E-state index is 12.7. The normalized spacial score (nSPS) is 12.0. The summed E-state index contributed by atoms with van der Waals surface area (Å²) in [5.41, 5.74) is 2.09. The third kappa shape index (κ3) is 4.06. The molecule has 0 fully saturated rings. The molecule has 1 N–H and O–H groups in total. The van der Waals surface area contributed by atoms with Crippen LogP contribution < -0.4 is 10.1 Å². The van der Waals surface area contributed by atoms with Crippen LogP contribution in [0.4, 0.5) is 5.69 Å². The lowest BCUT2D eigenvalue weighted by atomic mass is 10.1. The molecule has 8 heteroatoms. The monoisotopic (exact) mass is 436 g/mol. The number of methoxy groups -OCH3 is 1. The molecule has 2 aromatic heterocycles. The topological polar surface area (TPSA) is 90.7 Å². The van der Waals surface area contributed by atoms with Crippen LogP contribution >= 0.6 is 11.8 Å². The smallest absolute Gasteiger partial charge is 0.341 e. The van der Waals surface area contributed by atoms with Gasteiger partial charge in [-0.1, -0.05) is 18.2 Å². The van der Waals surface area contributed by atoms with Gasteiger partial charge in [-0.3, -0.25) is 4.79 Å². The standard InChI is InChI=1S/C23H20N2O5S/c1-13(29-23(27)15-8-6-10-24-22(15)31-3)21(26)25-17-12-19-16(11-20(17)28-2)14-7-4-5-9-18(14)30-19/h4-13H,1-3H3,(H,25,26). The van der Waals surface area contributed by atoms with Crippen LogP contribution in [-0.2, 0) is 9.53 Å². The van der Waals surface area contributed by atoms with E-state index in [1.165, 1.54) is 25.8 Å². The molecule has 0 saturated carbocycles. The summed E-state index contributed by atoms with van der Waals surface area (Å²) in [4.78, 5) is 29.4. The van der Waals surface area contributed by atoms with Gasteiger partial charge in [0.05, 0.1) is 18.4 Å². The molecule has 4 rings (SSSR count). The van der Waals surface area contributed by atoms with Gasteiger partial charge in [-0.2, -0.15) is 0 Å². The highest BCUT2D eigenvalue weighted by atomic mass is 32.2. The number of carbonyl (C=O) groups is 2. The van der Waals surface area contributed by atoms with Crippen molar-refractivity contribution in [2.75, 3.05) is 18.7 Å². The lowest BCUT2D eigenvalue weighted by molar-refractivity contribution is -0.123. The highest BCUT2D eigenvalue weighted by molar-refractivity contribution is 7.98. The van der Waals surface area contributed by atoms with Crippen molar-refractivity contribution in [3.8, 4) is 5.75 Å². The number of rotatable bonds is 6. The van der Waals surface area contributed by atoms with Gasteiger partial charge < -0.3 is 19.2 Å². The molecule has 0 radical (unpaired) electrons. The van der Waals surface area contributed by atoms with E-state index in [1.54, 1.807) is 24.4 Å². The van der Waals surface area contributed by atoms with Crippen molar-refractivity contribution in [2.24, 2.45) is 0 Å². The second-order valence-corrected chi connectivity index (χ2v) is 7.54. The Morgan fingerprint density at radius 3 is 2.68 bits per heavy atom. The number of hydrogen-bond acceptors (Lipinski definition) is 7. The highest BCUT2D eigenvalue weighted by Crippen LogP contribution is 2.36. The molecule has 0 bridgehead atoms. The molecule has 31 heavy (non-hydrogen) atoms. The summed E-state index contributed by atoms with van der Waals surface area (Å²) in [7, 11) is 1.52. The first kappa shape index (κ1) is 20.7. The number of thioether (sulfide) groups is 1. The van der Waals surface area contributed by atoms with E-state index >= 15 is 0 Å². The molecule has 0 saturated heterocycles. The molecule has 7 nitrogen and oxygen atoms in total. The minimum absolute atomic E-state index is 0.316. The number of esters is 1. The van der Waals surface area contributed by atoms with Gasteiger partial charge in [-0.25, -0.2) is 9.78 Å². The Balaban J connectivity index is 1.55. The van der Waals surface area contributed by atoms with Crippen LogP contribution in [0.25, 0.3) is 21.9 Å². The number of anilines is 1. The van der Waals surface area contributed by atoms with Crippen LogP contribution in [0.5, 0.6) is 5.75 Å². The lowest BCUT2D eigenvalue weighted by Crippen LogP contribution is -2.30. The Morgan fingerprint density at radius 1 is 1.10 bits per heavy atom. The van der Waals surface area contributed by atoms with Crippen LogP contribution in [0.1, 0.15) is 17.3 Å². The van der Waals surface area contributed by atoms with Crippen LogP contribution in [0.15, 0.2) is 64.2 Å². The van der Waals surface area contributed by atoms with Gasteiger partial charge >= 0.3 is 5.97 Å². The molecule has 1 atom stereocenters. The van der Waals surface area contributed by atoms with Crippen molar-refractivity contribution < 1.29 is 23.5 Å². The van der Waals surface area contributed by atoms with Crippen LogP contribution in [0, 0.1) is 0 Å². The van der Waals surface area contributed by atoms with Gasteiger partial charge in [0, 0.05) is 23.0 Å². The molecule has 0 spiro atoms. The van der Waals surface area contributed by atoms with E-state index in [0.29, 0.717) is 27.6 Å². The van der Waals surface area contributed by atoms with E-state index < -0.39 is 18.0 Å². The molecule has 0 aliphatic carbocycles. The number of ether oxygens (including phenoxy) is 2. The number of nitrogens with zero attached hydrogens (tertiary/aromatic N) is 1. The number of hydrogen-bond donors (Lipinski definition) is 1. The SMILES string of the molecule is COc1cc2c(cc1NC(=O)C(C)OC(=O)c1cccnc1SC)oc1ccccc12. The predicted molar refractivity (Wildman–Crippen MR) is 120 cm³/mol. The van der Waals surface area contributed by atoms with Crippen LogP contribution in [0.3, 0.4) is 0 Å². The number of para-hydroxylation sites is 1. The van der Waals surface area contributed by atoms with Crippen LogP contribution in [-0.4, -0.2) is 36.3 Å². The van der Waals surface area contributed by atoms with Crippen molar-refractivity contribution in [1.82, 2.24) is 4.98 Å². The van der Waals surface area contributed by atoms with E-state index in [1.807, 2.05) is 36.6 Å². The number of furan rings is 1. The predicted octanol–water partition coefficient (Wildman–Crippen LogP) is 4.90. The zero-order chi connectivity index (χ0) is 22.0. The second kappa shape index (κ2) is 8.69.